The van der Waals surface area contributed by atoms with Crippen LogP contribution in [0.1, 0.15) is 10.4 Å². The van der Waals surface area contributed by atoms with Gasteiger partial charge in [0.15, 0.2) is 0 Å². The minimum atomic E-state index is -1.17. The first-order chi connectivity index (χ1) is 15.5. The molecule has 1 amide bonds. The molecule has 0 saturated carbocycles. The summed E-state index contributed by atoms with van der Waals surface area (Å²) in [5.74, 6) is 1.64. The van der Waals surface area contributed by atoms with E-state index < -0.39 is 16.9 Å². The highest BCUT2D eigenvalue weighted by molar-refractivity contribution is 7.85. The topological polar surface area (TPSA) is 88.8 Å². The molecule has 32 heavy (non-hydrogen) atoms. The zero-order valence-corrected chi connectivity index (χ0v) is 18.3. The van der Waals surface area contributed by atoms with Gasteiger partial charge in [-0.15, -0.1) is 0 Å². The summed E-state index contributed by atoms with van der Waals surface area (Å²) in [5, 5.41) is 1.44. The lowest BCUT2D eigenvalue weighted by molar-refractivity contribution is 0.100. The third-order valence-corrected chi connectivity index (χ3v) is 6.37. The number of rotatable bonds is 7. The lowest BCUT2D eigenvalue weighted by atomic mass is 10.0. The second-order valence-corrected chi connectivity index (χ2v) is 8.63. The maximum Gasteiger partial charge on any atom is 0.250 e. The van der Waals surface area contributed by atoms with Gasteiger partial charge in [0.2, 0.25) is 0 Å². The molecular formula is C24H24N4O3S. The Labute approximate surface area is 189 Å². The first-order valence-electron chi connectivity index (χ1n) is 10.2. The Morgan fingerprint density at radius 3 is 2.25 bits per heavy atom. The predicted molar refractivity (Wildman–Crippen MR) is 127 cm³/mol. The summed E-state index contributed by atoms with van der Waals surface area (Å²) in [6, 6.07) is 20.4. The van der Waals surface area contributed by atoms with Crippen molar-refractivity contribution in [1.29, 1.82) is 0 Å². The number of piperazine rings is 1. The number of anilines is 1. The van der Waals surface area contributed by atoms with Crippen molar-refractivity contribution >= 4 is 22.7 Å². The summed E-state index contributed by atoms with van der Waals surface area (Å²) in [6.45, 7) is 6.21. The summed E-state index contributed by atoms with van der Waals surface area (Å²) < 4.78 is 19.7. The van der Waals surface area contributed by atoms with E-state index in [9.17, 15) is 9.00 Å². The lowest BCUT2D eigenvalue weighted by Crippen LogP contribution is -2.46. The Hall–Kier alpha value is -3.49. The molecule has 4 rings (SSSR count). The highest BCUT2D eigenvalue weighted by Crippen LogP contribution is 2.29. The van der Waals surface area contributed by atoms with Crippen LogP contribution in [0.3, 0.4) is 0 Å². The number of ether oxygens (including phenoxy) is 1. The summed E-state index contributed by atoms with van der Waals surface area (Å²) in [7, 11) is -1.17. The molecule has 0 radical (unpaired) electrons. The van der Waals surface area contributed by atoms with Crippen molar-refractivity contribution in [2.45, 2.75) is 0 Å². The summed E-state index contributed by atoms with van der Waals surface area (Å²) in [6.07, 6.45) is 0. The van der Waals surface area contributed by atoms with Crippen molar-refractivity contribution in [1.82, 2.24) is 9.29 Å². The number of primary amides is 1. The molecule has 2 heterocycles. The fraction of sp³-hybridized carbons (Fsp3) is 0.167. The molecule has 0 aliphatic carbocycles. The minimum absolute atomic E-state index is 0.358. The zero-order chi connectivity index (χ0) is 22.5. The first kappa shape index (κ1) is 21.7. The van der Waals surface area contributed by atoms with Crippen molar-refractivity contribution in [3.8, 4) is 22.8 Å². The Morgan fingerprint density at radius 2 is 1.62 bits per heavy atom. The van der Waals surface area contributed by atoms with E-state index in [1.807, 2.05) is 58.9 Å². The average Bonchev–Trinajstić information content (AvgIpc) is 2.84. The SMILES string of the molecule is C=CS(=O)N1CCN(c2ccc(C(N)=O)c(-c3ccc(Oc4ccccc4)cc3)n2)CC1. The van der Waals surface area contributed by atoms with Gasteiger partial charge in [-0.25, -0.2) is 13.5 Å². The number of para-hydroxylation sites is 1. The molecule has 7 nitrogen and oxygen atoms in total. The highest BCUT2D eigenvalue weighted by Gasteiger charge is 2.22. The molecule has 2 N–H and O–H groups in total. The third-order valence-electron chi connectivity index (χ3n) is 5.21. The summed E-state index contributed by atoms with van der Waals surface area (Å²) >= 11 is 0. The van der Waals surface area contributed by atoms with E-state index >= 15 is 0 Å². The number of amides is 1. The van der Waals surface area contributed by atoms with E-state index in [0.717, 1.165) is 17.1 Å². The van der Waals surface area contributed by atoms with Gasteiger partial charge >= 0.3 is 0 Å². The van der Waals surface area contributed by atoms with Crippen molar-refractivity contribution < 1.29 is 13.7 Å². The van der Waals surface area contributed by atoms with Crippen LogP contribution in [-0.2, 0) is 11.0 Å². The molecule has 1 saturated heterocycles. The summed E-state index contributed by atoms with van der Waals surface area (Å²) in [5.41, 5.74) is 7.27. The molecule has 3 aromatic rings. The van der Waals surface area contributed by atoms with Crippen molar-refractivity contribution in [2.75, 3.05) is 31.1 Å². The molecule has 2 aromatic carbocycles. The number of benzene rings is 2. The summed E-state index contributed by atoms with van der Waals surface area (Å²) in [4.78, 5) is 18.9. The van der Waals surface area contributed by atoms with Crippen LogP contribution in [0.2, 0.25) is 0 Å². The third kappa shape index (κ3) is 4.87. The number of carbonyl (C=O) groups excluding carboxylic acids is 1. The van der Waals surface area contributed by atoms with Crippen molar-refractivity contribution in [2.24, 2.45) is 5.73 Å². The molecule has 1 unspecified atom stereocenters. The normalized spacial score (nSPS) is 15.2. The standard InChI is InChI=1S/C24H24N4O3S/c1-2-32(30)28-16-14-27(15-17-28)22-13-12-21(24(25)29)23(26-22)18-8-10-20(11-9-18)31-19-6-4-3-5-7-19/h2-13H,1,14-17H2,(H2,25,29). The molecule has 8 heteroatoms. The molecule has 1 aliphatic heterocycles. The number of nitrogens with zero attached hydrogens (tertiary/aromatic N) is 3. The van der Waals surface area contributed by atoms with E-state index in [0.29, 0.717) is 43.2 Å². The van der Waals surface area contributed by atoms with Crippen LogP contribution in [0.25, 0.3) is 11.3 Å². The van der Waals surface area contributed by atoms with Gasteiger partial charge in [0.05, 0.1) is 11.3 Å². The van der Waals surface area contributed by atoms with Crippen LogP contribution in [0, 0.1) is 0 Å². The Morgan fingerprint density at radius 1 is 0.969 bits per heavy atom. The Kier molecular flexibility index (Phi) is 6.63. The van der Waals surface area contributed by atoms with E-state index in [1.165, 1.54) is 5.41 Å². The Bertz CT molecular complexity index is 1130. The van der Waals surface area contributed by atoms with Gasteiger partial charge < -0.3 is 15.4 Å². The molecule has 1 fully saturated rings. The van der Waals surface area contributed by atoms with Gasteiger partial charge in [-0.3, -0.25) is 4.79 Å². The number of carbonyl (C=O) groups is 1. The maximum absolute atomic E-state index is 12.0. The zero-order valence-electron chi connectivity index (χ0n) is 17.5. The first-order valence-corrected chi connectivity index (χ1v) is 11.4. The molecule has 1 aromatic heterocycles. The molecule has 0 spiro atoms. The average molecular weight is 449 g/mol. The minimum Gasteiger partial charge on any atom is -0.457 e. The second-order valence-electron chi connectivity index (χ2n) is 7.23. The highest BCUT2D eigenvalue weighted by atomic mass is 32.2. The van der Waals surface area contributed by atoms with E-state index in [-0.39, 0.29) is 0 Å². The van der Waals surface area contributed by atoms with E-state index in [2.05, 4.69) is 11.5 Å². The number of pyridine rings is 1. The van der Waals surface area contributed by atoms with Gasteiger partial charge in [-0.05, 0) is 48.5 Å². The Balaban J connectivity index is 1.57. The molecule has 1 aliphatic rings. The number of hydrogen-bond acceptors (Lipinski definition) is 5. The van der Waals surface area contributed by atoms with Gasteiger partial charge in [-0.2, -0.15) is 0 Å². The largest absolute Gasteiger partial charge is 0.457 e. The number of aromatic nitrogens is 1. The molecular weight excluding hydrogens is 424 g/mol. The van der Waals surface area contributed by atoms with Gasteiger partial charge in [0.1, 0.15) is 28.3 Å². The van der Waals surface area contributed by atoms with Gasteiger partial charge in [-0.1, -0.05) is 24.8 Å². The lowest BCUT2D eigenvalue weighted by Gasteiger charge is -2.34. The van der Waals surface area contributed by atoms with Crippen LogP contribution in [0.15, 0.2) is 78.7 Å². The molecule has 0 bridgehead atoms. The second kappa shape index (κ2) is 9.76. The maximum atomic E-state index is 12.0. The van der Waals surface area contributed by atoms with Crippen molar-refractivity contribution in [3.05, 3.63) is 84.3 Å². The van der Waals surface area contributed by atoms with Crippen LogP contribution < -0.4 is 15.4 Å². The predicted octanol–water partition coefficient (Wildman–Crippen LogP) is 3.57. The van der Waals surface area contributed by atoms with Gasteiger partial charge in [0, 0.05) is 37.2 Å². The van der Waals surface area contributed by atoms with E-state index in [4.69, 9.17) is 15.5 Å². The van der Waals surface area contributed by atoms with Crippen LogP contribution in [0.5, 0.6) is 11.5 Å². The van der Waals surface area contributed by atoms with Crippen LogP contribution >= 0.6 is 0 Å². The monoisotopic (exact) mass is 448 g/mol. The number of nitrogens with two attached hydrogens (primary N) is 1. The van der Waals surface area contributed by atoms with Crippen molar-refractivity contribution in [3.63, 3.8) is 0 Å². The number of hydrogen-bond donors (Lipinski definition) is 1. The quantitative estimate of drug-likeness (QED) is 0.597. The van der Waals surface area contributed by atoms with Crippen LogP contribution in [-0.4, -0.2) is 45.6 Å². The fourth-order valence-electron chi connectivity index (χ4n) is 3.55. The fourth-order valence-corrected chi connectivity index (χ4v) is 4.29. The smallest absolute Gasteiger partial charge is 0.250 e. The molecule has 1 atom stereocenters. The van der Waals surface area contributed by atoms with Crippen LogP contribution in [0.4, 0.5) is 5.82 Å². The van der Waals surface area contributed by atoms with Gasteiger partial charge in [0.25, 0.3) is 5.91 Å². The molecule has 164 valence electrons. The van der Waals surface area contributed by atoms with E-state index in [1.54, 1.807) is 12.1 Å².